The molecular weight excluding hydrogens is 372 g/mol. The van der Waals surface area contributed by atoms with Gasteiger partial charge in [0.1, 0.15) is 10.9 Å². The summed E-state index contributed by atoms with van der Waals surface area (Å²) in [5, 5.41) is 4.81. The van der Waals surface area contributed by atoms with E-state index in [9.17, 15) is 9.59 Å². The van der Waals surface area contributed by atoms with Crippen LogP contribution in [0.25, 0.3) is 6.08 Å². The molecule has 1 fully saturated rings. The maximum atomic E-state index is 12.5. The second kappa shape index (κ2) is 7.51. The first-order valence-corrected chi connectivity index (χ1v) is 9.71. The predicted octanol–water partition coefficient (Wildman–Crippen LogP) is 4.20. The van der Waals surface area contributed by atoms with E-state index in [0.717, 1.165) is 21.7 Å². The van der Waals surface area contributed by atoms with Gasteiger partial charge in [-0.2, -0.15) is 0 Å². The molecule has 128 valence electrons. The molecule has 0 unspecified atom stereocenters. The minimum atomic E-state index is -0.262. The number of anilines is 1. The average Bonchev–Trinajstić information content (AvgIpc) is 3.16. The van der Waals surface area contributed by atoms with Crippen molar-refractivity contribution in [2.75, 3.05) is 11.9 Å². The van der Waals surface area contributed by atoms with Gasteiger partial charge in [-0.25, -0.2) is 0 Å². The molecule has 2 heterocycles. The van der Waals surface area contributed by atoms with Gasteiger partial charge in [-0.05, 0) is 48.6 Å². The Balaban J connectivity index is 1.70. The lowest BCUT2D eigenvalue weighted by Gasteiger charge is -2.15. The van der Waals surface area contributed by atoms with E-state index in [1.807, 2.05) is 55.6 Å². The minimum absolute atomic E-state index is 0.0835. The fourth-order valence-corrected chi connectivity index (χ4v) is 4.34. The Bertz CT molecular complexity index is 872. The molecule has 2 aromatic rings. The Hall–Kier alpha value is -1.96. The largest absolute Gasteiger partial charge is 0.324 e. The van der Waals surface area contributed by atoms with Crippen LogP contribution in [0.5, 0.6) is 0 Å². The Morgan fingerprint density at radius 1 is 1.28 bits per heavy atom. The van der Waals surface area contributed by atoms with E-state index < -0.39 is 0 Å². The molecule has 0 saturated carbocycles. The van der Waals surface area contributed by atoms with Gasteiger partial charge in [0, 0.05) is 10.6 Å². The van der Waals surface area contributed by atoms with Crippen molar-refractivity contribution in [1.82, 2.24) is 4.90 Å². The van der Waals surface area contributed by atoms with Crippen LogP contribution in [-0.4, -0.2) is 27.6 Å². The molecule has 0 aliphatic carbocycles. The first-order valence-electron chi connectivity index (χ1n) is 7.60. The van der Waals surface area contributed by atoms with Crippen molar-refractivity contribution >= 4 is 63.2 Å². The van der Waals surface area contributed by atoms with Crippen molar-refractivity contribution in [3.63, 3.8) is 0 Å². The van der Waals surface area contributed by atoms with Crippen molar-refractivity contribution in [2.45, 2.75) is 13.8 Å². The van der Waals surface area contributed by atoms with Crippen LogP contribution < -0.4 is 5.32 Å². The molecule has 7 heteroatoms. The van der Waals surface area contributed by atoms with Crippen molar-refractivity contribution in [1.29, 1.82) is 0 Å². The maximum absolute atomic E-state index is 12.5. The molecule has 1 aliphatic heterocycles. The lowest BCUT2D eigenvalue weighted by molar-refractivity contribution is -0.126. The monoisotopic (exact) mass is 388 g/mol. The quantitative estimate of drug-likeness (QED) is 0.630. The number of thiocarbonyl (C=S) groups is 1. The van der Waals surface area contributed by atoms with Crippen LogP contribution >= 0.6 is 35.3 Å². The van der Waals surface area contributed by atoms with Gasteiger partial charge in [-0.15, -0.1) is 11.3 Å². The lowest BCUT2D eigenvalue weighted by atomic mass is 10.1. The molecule has 1 aromatic carbocycles. The number of benzene rings is 1. The number of hydrogen-bond acceptors (Lipinski definition) is 5. The number of hydrogen-bond donors (Lipinski definition) is 1. The van der Waals surface area contributed by atoms with Gasteiger partial charge in [-0.3, -0.25) is 14.5 Å². The number of thioether (sulfide) groups is 1. The molecule has 3 rings (SSSR count). The van der Waals surface area contributed by atoms with Gasteiger partial charge in [0.05, 0.1) is 4.91 Å². The van der Waals surface area contributed by atoms with E-state index in [1.165, 1.54) is 16.7 Å². The van der Waals surface area contributed by atoms with Crippen LogP contribution in [0.15, 0.2) is 40.6 Å². The van der Waals surface area contributed by atoms with Crippen LogP contribution in [0.4, 0.5) is 5.69 Å². The van der Waals surface area contributed by atoms with Crippen molar-refractivity contribution < 1.29 is 9.59 Å². The molecule has 0 bridgehead atoms. The molecule has 1 aliphatic rings. The molecule has 4 nitrogen and oxygen atoms in total. The van der Waals surface area contributed by atoms with E-state index in [1.54, 1.807) is 11.3 Å². The van der Waals surface area contributed by atoms with Crippen molar-refractivity contribution in [3.05, 3.63) is 56.6 Å². The molecular formula is C18H16N2O2S3. The average molecular weight is 389 g/mol. The second-order valence-electron chi connectivity index (χ2n) is 5.58. The minimum Gasteiger partial charge on any atom is -0.324 e. The molecule has 1 N–H and O–H groups in total. The fourth-order valence-electron chi connectivity index (χ4n) is 2.36. The first-order chi connectivity index (χ1) is 12.0. The summed E-state index contributed by atoms with van der Waals surface area (Å²) < 4.78 is 0.406. The molecule has 25 heavy (non-hydrogen) atoms. The number of amides is 2. The second-order valence-corrected chi connectivity index (χ2v) is 8.23. The third-order valence-electron chi connectivity index (χ3n) is 3.87. The predicted molar refractivity (Wildman–Crippen MR) is 109 cm³/mol. The highest BCUT2D eigenvalue weighted by Gasteiger charge is 2.33. The first kappa shape index (κ1) is 17.8. The van der Waals surface area contributed by atoms with Gasteiger partial charge in [-0.1, -0.05) is 42.2 Å². The molecule has 0 atom stereocenters. The number of nitrogens with one attached hydrogen (secondary N) is 1. The number of rotatable bonds is 4. The molecule has 0 radical (unpaired) electrons. The Labute approximate surface area is 159 Å². The zero-order valence-electron chi connectivity index (χ0n) is 13.7. The van der Waals surface area contributed by atoms with E-state index >= 15 is 0 Å². The van der Waals surface area contributed by atoms with Gasteiger partial charge in [0.15, 0.2) is 0 Å². The standard InChI is InChI=1S/C18H16N2O2S3/c1-11-5-3-7-14(12(11)2)19-16(21)10-20-17(22)15(25-18(20)23)9-13-6-4-8-24-13/h3-9H,10H2,1-2H3,(H,19,21). The summed E-state index contributed by atoms with van der Waals surface area (Å²) in [5.74, 6) is -0.484. The van der Waals surface area contributed by atoms with Gasteiger partial charge >= 0.3 is 0 Å². The highest BCUT2D eigenvalue weighted by molar-refractivity contribution is 8.26. The van der Waals surface area contributed by atoms with E-state index in [4.69, 9.17) is 12.2 Å². The summed E-state index contributed by atoms with van der Waals surface area (Å²) in [5.41, 5.74) is 2.87. The maximum Gasteiger partial charge on any atom is 0.266 e. The van der Waals surface area contributed by atoms with Gasteiger partial charge in [0.2, 0.25) is 5.91 Å². The lowest BCUT2D eigenvalue weighted by Crippen LogP contribution is -2.36. The Morgan fingerprint density at radius 3 is 2.80 bits per heavy atom. The Morgan fingerprint density at radius 2 is 2.08 bits per heavy atom. The highest BCUT2D eigenvalue weighted by Crippen LogP contribution is 2.33. The summed E-state index contributed by atoms with van der Waals surface area (Å²) in [6.45, 7) is 3.86. The van der Waals surface area contributed by atoms with E-state index in [-0.39, 0.29) is 18.4 Å². The van der Waals surface area contributed by atoms with Crippen LogP contribution in [-0.2, 0) is 9.59 Å². The van der Waals surface area contributed by atoms with Crippen LogP contribution in [0.3, 0.4) is 0 Å². The molecule has 1 saturated heterocycles. The van der Waals surface area contributed by atoms with E-state index in [0.29, 0.717) is 9.23 Å². The Kier molecular flexibility index (Phi) is 5.36. The van der Waals surface area contributed by atoms with E-state index in [2.05, 4.69) is 5.32 Å². The van der Waals surface area contributed by atoms with Crippen LogP contribution in [0, 0.1) is 13.8 Å². The van der Waals surface area contributed by atoms with Crippen molar-refractivity contribution in [3.8, 4) is 0 Å². The highest BCUT2D eigenvalue weighted by atomic mass is 32.2. The SMILES string of the molecule is Cc1cccc(NC(=O)CN2C(=O)C(=Cc3cccs3)SC2=S)c1C. The number of nitrogens with zero attached hydrogens (tertiary/aromatic N) is 1. The number of carbonyl (C=O) groups excluding carboxylic acids is 2. The van der Waals surface area contributed by atoms with Gasteiger partial charge < -0.3 is 5.32 Å². The number of aryl methyl sites for hydroxylation is 1. The topological polar surface area (TPSA) is 49.4 Å². The third kappa shape index (κ3) is 4.00. The third-order valence-corrected chi connectivity index (χ3v) is 6.07. The van der Waals surface area contributed by atoms with Gasteiger partial charge in [0.25, 0.3) is 5.91 Å². The summed E-state index contributed by atoms with van der Waals surface area (Å²) >= 11 is 8.05. The zero-order chi connectivity index (χ0) is 18.0. The fraction of sp³-hybridized carbons (Fsp3) is 0.167. The summed E-state index contributed by atoms with van der Waals surface area (Å²) in [7, 11) is 0. The molecule has 0 spiro atoms. The smallest absolute Gasteiger partial charge is 0.266 e. The summed E-state index contributed by atoms with van der Waals surface area (Å²) in [6, 6.07) is 9.59. The number of thiophene rings is 1. The molecule has 1 aromatic heterocycles. The summed E-state index contributed by atoms with van der Waals surface area (Å²) in [4.78, 5) is 27.8. The normalized spacial score (nSPS) is 15.9. The van der Waals surface area contributed by atoms with Crippen LogP contribution in [0.2, 0.25) is 0 Å². The zero-order valence-corrected chi connectivity index (χ0v) is 16.2. The number of carbonyl (C=O) groups is 2. The summed E-state index contributed by atoms with van der Waals surface area (Å²) in [6.07, 6.45) is 1.81. The van der Waals surface area contributed by atoms with Crippen LogP contribution in [0.1, 0.15) is 16.0 Å². The van der Waals surface area contributed by atoms with Crippen molar-refractivity contribution in [2.24, 2.45) is 0 Å². The molecule has 2 amide bonds.